The molecule has 0 unspecified atom stereocenters. The summed E-state index contributed by atoms with van der Waals surface area (Å²) in [5, 5.41) is 0. The molecule has 36 valence electrons. The van der Waals surface area contributed by atoms with Gasteiger partial charge < -0.3 is 0 Å². The normalized spacial score (nSPS) is 5.83. The van der Waals surface area contributed by atoms with E-state index >= 15 is 0 Å². The fourth-order valence-corrected chi connectivity index (χ4v) is 0. The summed E-state index contributed by atoms with van der Waals surface area (Å²) >= 11 is -3.29. The van der Waals surface area contributed by atoms with Crippen LogP contribution in [0.5, 0.6) is 0 Å². The van der Waals surface area contributed by atoms with Crippen molar-refractivity contribution in [3.05, 3.63) is 0 Å². The maximum atomic E-state index is 8.76. The van der Waals surface area contributed by atoms with Crippen LogP contribution in [0, 0.1) is 0 Å². The Hall–Kier alpha value is 1.76. The molecule has 0 saturated heterocycles. The zero-order chi connectivity index (χ0) is 3.58. The van der Waals surface area contributed by atoms with Crippen molar-refractivity contribution in [2.24, 2.45) is 0 Å². The second-order valence-electron chi connectivity index (χ2n) is 0.231. The minimum atomic E-state index is -3.29. The molecule has 0 saturated carbocycles. The van der Waals surface area contributed by atoms with Gasteiger partial charge in [-0.2, -0.15) is 0 Å². The van der Waals surface area contributed by atoms with E-state index in [1.807, 2.05) is 0 Å². The van der Waals surface area contributed by atoms with Crippen LogP contribution in [0.4, 0.5) is 0 Å². The first kappa shape index (κ1) is 15.7. The second-order valence-corrected chi connectivity index (χ2v) is 1.20. The Morgan fingerprint density at radius 2 is 1.33 bits per heavy atom. The molecule has 0 aromatic carbocycles. The summed E-state index contributed by atoms with van der Waals surface area (Å²) in [5.41, 5.74) is 0. The molecule has 0 aliphatic heterocycles. The van der Waals surface area contributed by atoms with Crippen LogP contribution in [0.1, 0.15) is 0 Å². The number of hydrogen-bond donors (Lipinski definition) is 2. The first-order valence-corrected chi connectivity index (χ1v) is 2.76. The van der Waals surface area contributed by atoms with Crippen LogP contribution < -0.4 is 0 Å². The molecule has 0 bridgehead atoms. The summed E-state index contributed by atoms with van der Waals surface area (Å²) < 4.78 is 23.1. The van der Waals surface area contributed by atoms with Crippen LogP contribution in [-0.4, -0.2) is 52.4 Å². The number of rotatable bonds is 0. The molecule has 0 heterocycles. The molecule has 0 fully saturated rings. The molecule has 0 aromatic rings. The molecule has 0 amide bonds. The van der Waals surface area contributed by atoms with Crippen LogP contribution in [0.2, 0.25) is 0 Å². The minimum absolute atomic E-state index is 0. The van der Waals surface area contributed by atoms with Crippen molar-refractivity contribution in [2.75, 3.05) is 0 Å². The molecule has 6 heteroatoms. The van der Waals surface area contributed by atoms with Crippen LogP contribution >= 0.6 is 0 Å². The molecule has 6 heavy (non-hydrogen) atoms. The third-order valence-electron chi connectivity index (χ3n) is 0. The zero-order valence-corrected chi connectivity index (χ0v) is 4.88. The number of hydrogen-bond acceptors (Lipinski definition) is 1. The molecule has 0 atom stereocenters. The first-order valence-electron chi connectivity index (χ1n) is 0.532. The van der Waals surface area contributed by atoms with Gasteiger partial charge in [-0.25, -0.2) is 0 Å². The van der Waals surface area contributed by atoms with Gasteiger partial charge >= 0.3 is 56.3 Å². The van der Waals surface area contributed by atoms with Crippen molar-refractivity contribution in [1.82, 2.24) is 0 Å². The molecule has 0 aliphatic carbocycles. The van der Waals surface area contributed by atoms with Crippen molar-refractivity contribution in [3.63, 3.8) is 0 Å². The Bertz CT molecular complexity index is 33.8. The van der Waals surface area contributed by atoms with E-state index in [4.69, 9.17) is 12.2 Å². The van der Waals surface area contributed by atoms with Crippen LogP contribution in [0.25, 0.3) is 0 Å². The van der Waals surface area contributed by atoms with Crippen molar-refractivity contribution >= 4 is 44.0 Å². The summed E-state index contributed by atoms with van der Waals surface area (Å²) in [4.78, 5) is 0. The fraction of sp³-hybridized carbons (Fsp3) is 0. The van der Waals surface area contributed by atoms with Gasteiger partial charge in [-0.1, -0.05) is 0 Å². The Kier molecular flexibility index (Phi) is 25.8. The topological polar surface area (TPSA) is 57.5 Å². The molecular weight excluding hydrogens is 206 g/mol. The van der Waals surface area contributed by atoms with Gasteiger partial charge in [-0.15, -0.1) is 0 Å². The Morgan fingerprint density at radius 1 is 1.33 bits per heavy atom. The van der Waals surface area contributed by atoms with E-state index in [9.17, 15) is 0 Å². The molecule has 0 radical (unpaired) electrons. The summed E-state index contributed by atoms with van der Waals surface area (Å²) in [5.74, 6) is 0. The van der Waals surface area contributed by atoms with Gasteiger partial charge in [0.05, 0.1) is 0 Å². The SMILES string of the molecule is O=[Se](O)O.[Fe].[NaH]. The Morgan fingerprint density at radius 3 is 1.33 bits per heavy atom. The standard InChI is InChI=1S/Fe.Na.H2O3Se.H/c;;1-4(2)3;/h;;(H2,1,2,3);. The van der Waals surface area contributed by atoms with E-state index in [0.717, 1.165) is 0 Å². The van der Waals surface area contributed by atoms with Gasteiger partial charge in [0.25, 0.3) is 0 Å². The Balaban J connectivity index is -0.0000000450. The van der Waals surface area contributed by atoms with Gasteiger partial charge in [0, 0.05) is 17.1 Å². The molecule has 0 rings (SSSR count). The third-order valence-corrected chi connectivity index (χ3v) is 0. The molecular formula is H3FeNaO3Se. The summed E-state index contributed by atoms with van der Waals surface area (Å²) in [7, 11) is 0. The third kappa shape index (κ3) is 42.2. The molecule has 0 spiro atoms. The predicted molar refractivity (Wildman–Crippen MR) is 18.0 cm³/mol. The van der Waals surface area contributed by atoms with Gasteiger partial charge in [0.1, 0.15) is 0 Å². The van der Waals surface area contributed by atoms with E-state index in [1.165, 1.54) is 0 Å². The van der Waals surface area contributed by atoms with Gasteiger partial charge in [0.15, 0.2) is 0 Å². The molecule has 3 nitrogen and oxygen atoms in total. The predicted octanol–water partition coefficient (Wildman–Crippen LogP) is -2.26. The first-order chi connectivity index (χ1) is 1.73. The van der Waals surface area contributed by atoms with E-state index in [1.54, 1.807) is 0 Å². The maximum absolute atomic E-state index is 8.76. The zero-order valence-electron chi connectivity index (χ0n) is 2.06. The van der Waals surface area contributed by atoms with Crippen molar-refractivity contribution in [1.29, 1.82) is 0 Å². The van der Waals surface area contributed by atoms with Crippen LogP contribution in [0.15, 0.2) is 0 Å². The molecule has 0 aliphatic rings. The quantitative estimate of drug-likeness (QED) is 0.442. The van der Waals surface area contributed by atoms with Crippen LogP contribution in [-0.2, 0) is 20.9 Å². The van der Waals surface area contributed by atoms with Crippen molar-refractivity contribution in [3.8, 4) is 0 Å². The van der Waals surface area contributed by atoms with Gasteiger partial charge in [-0.05, 0) is 0 Å². The summed E-state index contributed by atoms with van der Waals surface area (Å²) in [6.07, 6.45) is 0. The second kappa shape index (κ2) is 9.90. The average molecular weight is 209 g/mol. The summed E-state index contributed by atoms with van der Waals surface area (Å²) in [6, 6.07) is 0. The summed E-state index contributed by atoms with van der Waals surface area (Å²) in [6.45, 7) is 0. The van der Waals surface area contributed by atoms with Crippen molar-refractivity contribution in [2.45, 2.75) is 0 Å². The van der Waals surface area contributed by atoms with E-state index < -0.39 is 14.5 Å². The molecule has 2 N–H and O–H groups in total. The van der Waals surface area contributed by atoms with Gasteiger partial charge in [0.2, 0.25) is 0 Å². The van der Waals surface area contributed by atoms with E-state index in [0.29, 0.717) is 0 Å². The fourth-order valence-electron chi connectivity index (χ4n) is 0. The average Bonchev–Trinajstić information content (AvgIpc) is 0.811. The van der Waals surface area contributed by atoms with Crippen molar-refractivity contribution < 1.29 is 29.3 Å². The molecule has 0 aromatic heterocycles. The van der Waals surface area contributed by atoms with E-state index in [2.05, 4.69) is 0 Å². The monoisotopic (exact) mass is 210 g/mol. The van der Waals surface area contributed by atoms with Gasteiger partial charge in [-0.3, -0.25) is 0 Å². The van der Waals surface area contributed by atoms with Crippen LogP contribution in [0.3, 0.4) is 0 Å². The Labute approximate surface area is 72.6 Å². The van der Waals surface area contributed by atoms with E-state index in [-0.39, 0.29) is 46.6 Å².